The van der Waals surface area contributed by atoms with Crippen LogP contribution in [0, 0.1) is 0 Å². The molecule has 98 valence electrons. The van der Waals surface area contributed by atoms with E-state index >= 15 is 0 Å². The van der Waals surface area contributed by atoms with Crippen molar-refractivity contribution in [2.75, 3.05) is 0 Å². The van der Waals surface area contributed by atoms with Crippen molar-refractivity contribution >= 4 is 22.8 Å². The van der Waals surface area contributed by atoms with Gasteiger partial charge in [0.05, 0.1) is 11.1 Å². The molecular formula is C14H16N4O. The zero-order chi connectivity index (χ0) is 13.7. The van der Waals surface area contributed by atoms with Crippen molar-refractivity contribution in [3.05, 3.63) is 30.4 Å². The second-order valence-electron chi connectivity index (χ2n) is 4.03. The number of allylic oxidation sites excluding steroid dienone is 1. The molecule has 0 spiro atoms. The topological polar surface area (TPSA) is 71.3 Å². The lowest BCUT2D eigenvalue weighted by Crippen LogP contribution is -1.93. The van der Waals surface area contributed by atoms with Crippen LogP contribution in [0.1, 0.15) is 32.4 Å². The lowest BCUT2D eigenvalue weighted by Gasteiger charge is -2.05. The molecule has 5 heteroatoms. The molecule has 0 atom stereocenters. The van der Waals surface area contributed by atoms with Gasteiger partial charge in [-0.15, -0.1) is 0 Å². The Morgan fingerprint density at radius 3 is 2.95 bits per heavy atom. The van der Waals surface area contributed by atoms with E-state index in [9.17, 15) is 5.11 Å². The van der Waals surface area contributed by atoms with Crippen LogP contribution in [-0.4, -0.2) is 26.3 Å². The van der Waals surface area contributed by atoms with Crippen LogP contribution >= 0.6 is 0 Å². The normalized spacial score (nSPS) is 12.4. The predicted molar refractivity (Wildman–Crippen MR) is 76.0 cm³/mol. The number of nitrogens with zero attached hydrogens (tertiary/aromatic N) is 4. The molecule has 5 nitrogen and oxygen atoms in total. The molecule has 2 rings (SSSR count). The fraction of sp³-hybridized carbons (Fsp3) is 0.286. The number of rotatable bonds is 4. The molecule has 2 aromatic rings. The van der Waals surface area contributed by atoms with E-state index < -0.39 is 0 Å². The summed E-state index contributed by atoms with van der Waals surface area (Å²) in [7, 11) is 0. The van der Waals surface area contributed by atoms with Crippen LogP contribution in [0.4, 0.5) is 0 Å². The van der Waals surface area contributed by atoms with Gasteiger partial charge in [0.2, 0.25) is 5.88 Å². The molecule has 0 saturated heterocycles. The number of aromatic hydroxyl groups is 1. The van der Waals surface area contributed by atoms with Crippen molar-refractivity contribution in [1.29, 1.82) is 0 Å². The maximum atomic E-state index is 9.73. The molecule has 0 aliphatic heterocycles. The van der Waals surface area contributed by atoms with Crippen LogP contribution < -0.4 is 0 Å². The zero-order valence-corrected chi connectivity index (χ0v) is 11.0. The number of fused-ring (bicyclic) bond motifs is 1. The van der Waals surface area contributed by atoms with Gasteiger partial charge in [-0.05, 0) is 19.4 Å². The van der Waals surface area contributed by atoms with E-state index in [0.717, 1.165) is 18.5 Å². The maximum Gasteiger partial charge on any atom is 0.222 e. The highest BCUT2D eigenvalue weighted by atomic mass is 16.3. The van der Waals surface area contributed by atoms with Crippen LogP contribution in [0.2, 0.25) is 0 Å². The number of unbranched alkanes of at least 4 members (excludes halogenated alkanes) is 1. The van der Waals surface area contributed by atoms with Gasteiger partial charge in [0.15, 0.2) is 0 Å². The average Bonchev–Trinajstić information content (AvgIpc) is 2.44. The van der Waals surface area contributed by atoms with E-state index in [1.165, 1.54) is 6.33 Å². The number of hydrogen-bond donors (Lipinski definition) is 1. The minimum atomic E-state index is -0.0401. The molecule has 1 N–H and O–H groups in total. The molecule has 2 heterocycles. The molecule has 0 aromatic carbocycles. The summed E-state index contributed by atoms with van der Waals surface area (Å²) in [5, 5.41) is 10.3. The molecule has 0 radical (unpaired) electrons. The minimum absolute atomic E-state index is 0.0401. The Morgan fingerprint density at radius 1 is 1.37 bits per heavy atom. The third-order valence-electron chi connectivity index (χ3n) is 2.70. The molecule has 0 amide bonds. The van der Waals surface area contributed by atoms with Gasteiger partial charge < -0.3 is 5.11 Å². The van der Waals surface area contributed by atoms with E-state index in [1.807, 2.05) is 19.2 Å². The third kappa shape index (κ3) is 2.76. The summed E-state index contributed by atoms with van der Waals surface area (Å²) >= 11 is 0. The fourth-order valence-electron chi connectivity index (χ4n) is 1.73. The van der Waals surface area contributed by atoms with Crippen molar-refractivity contribution in [1.82, 2.24) is 15.0 Å². The molecule has 0 unspecified atom stereocenters. The van der Waals surface area contributed by atoms with Crippen molar-refractivity contribution < 1.29 is 5.11 Å². The quantitative estimate of drug-likeness (QED) is 0.854. The first-order chi connectivity index (χ1) is 9.27. The van der Waals surface area contributed by atoms with Crippen LogP contribution in [0.25, 0.3) is 16.6 Å². The largest absolute Gasteiger partial charge is 0.493 e. The summed E-state index contributed by atoms with van der Waals surface area (Å²) in [5.41, 5.74) is 2.01. The predicted octanol–water partition coefficient (Wildman–Crippen LogP) is 2.96. The van der Waals surface area contributed by atoms with Crippen molar-refractivity contribution in [2.24, 2.45) is 4.99 Å². The van der Waals surface area contributed by atoms with Crippen molar-refractivity contribution in [2.45, 2.75) is 26.7 Å². The SMILES string of the molecule is C/C=C(\N=C/CCC)c1nccc2c(O)ncnc12. The minimum Gasteiger partial charge on any atom is -0.493 e. The maximum absolute atomic E-state index is 9.73. The molecule has 2 aromatic heterocycles. The van der Waals surface area contributed by atoms with Gasteiger partial charge in [-0.1, -0.05) is 19.4 Å². The van der Waals surface area contributed by atoms with Crippen molar-refractivity contribution in [3.63, 3.8) is 0 Å². The number of hydrogen-bond acceptors (Lipinski definition) is 5. The Kier molecular flexibility index (Phi) is 4.18. The number of pyridine rings is 1. The van der Waals surface area contributed by atoms with Crippen LogP contribution in [0.5, 0.6) is 5.88 Å². The Hall–Kier alpha value is -2.30. The highest BCUT2D eigenvalue weighted by molar-refractivity contribution is 5.92. The highest BCUT2D eigenvalue weighted by Crippen LogP contribution is 2.25. The van der Waals surface area contributed by atoms with Crippen LogP contribution in [0.15, 0.2) is 29.7 Å². The number of aromatic nitrogens is 3. The lowest BCUT2D eigenvalue weighted by molar-refractivity contribution is 0.459. The molecule has 0 bridgehead atoms. The summed E-state index contributed by atoms with van der Waals surface area (Å²) in [6.07, 6.45) is 8.67. The molecular weight excluding hydrogens is 240 g/mol. The van der Waals surface area contributed by atoms with E-state index in [1.54, 1.807) is 12.3 Å². The van der Waals surface area contributed by atoms with Gasteiger partial charge in [-0.2, -0.15) is 0 Å². The second-order valence-corrected chi connectivity index (χ2v) is 4.03. The first-order valence-corrected chi connectivity index (χ1v) is 6.25. The summed E-state index contributed by atoms with van der Waals surface area (Å²) in [4.78, 5) is 16.7. The lowest BCUT2D eigenvalue weighted by atomic mass is 10.2. The Bertz CT molecular complexity index is 634. The van der Waals surface area contributed by atoms with Gasteiger partial charge in [-0.25, -0.2) is 9.97 Å². The molecule has 0 saturated carbocycles. The Morgan fingerprint density at radius 2 is 2.21 bits per heavy atom. The van der Waals surface area contributed by atoms with Crippen LogP contribution in [-0.2, 0) is 0 Å². The van der Waals surface area contributed by atoms with Crippen molar-refractivity contribution in [3.8, 4) is 5.88 Å². The molecule has 0 fully saturated rings. The van der Waals surface area contributed by atoms with E-state index in [2.05, 4.69) is 26.9 Å². The third-order valence-corrected chi connectivity index (χ3v) is 2.70. The first-order valence-electron chi connectivity index (χ1n) is 6.25. The smallest absolute Gasteiger partial charge is 0.222 e. The molecule has 0 aliphatic rings. The monoisotopic (exact) mass is 256 g/mol. The van der Waals surface area contributed by atoms with Gasteiger partial charge in [0.25, 0.3) is 0 Å². The fourth-order valence-corrected chi connectivity index (χ4v) is 1.73. The van der Waals surface area contributed by atoms with E-state index in [0.29, 0.717) is 16.6 Å². The second kappa shape index (κ2) is 6.04. The van der Waals surface area contributed by atoms with E-state index in [4.69, 9.17) is 0 Å². The van der Waals surface area contributed by atoms with Crippen LogP contribution in [0.3, 0.4) is 0 Å². The summed E-state index contributed by atoms with van der Waals surface area (Å²) < 4.78 is 0. The first kappa shape index (κ1) is 13.1. The zero-order valence-electron chi connectivity index (χ0n) is 11.0. The highest BCUT2D eigenvalue weighted by Gasteiger charge is 2.10. The molecule has 0 aliphatic carbocycles. The average molecular weight is 256 g/mol. The van der Waals surface area contributed by atoms with Gasteiger partial charge in [0.1, 0.15) is 17.5 Å². The van der Waals surface area contributed by atoms with Gasteiger partial charge in [0, 0.05) is 12.4 Å². The molecule has 19 heavy (non-hydrogen) atoms. The number of aliphatic imine (C=N–C) groups is 1. The van der Waals surface area contributed by atoms with Gasteiger partial charge in [-0.3, -0.25) is 9.98 Å². The Labute approximate surface area is 111 Å². The van der Waals surface area contributed by atoms with E-state index in [-0.39, 0.29) is 5.88 Å². The summed E-state index contributed by atoms with van der Waals surface area (Å²) in [5.74, 6) is -0.0401. The summed E-state index contributed by atoms with van der Waals surface area (Å²) in [6.45, 7) is 4.00. The Balaban J connectivity index is 2.52. The van der Waals surface area contributed by atoms with Gasteiger partial charge >= 0.3 is 0 Å². The standard InChI is InChI=1S/C14H16N4O/c1-3-5-7-15-11(4-2)13-12-10(6-8-16-13)14(19)18-9-17-12/h4,6-9H,3,5H2,1-2H3,(H,17,18,19)/b11-4-,15-7-. The summed E-state index contributed by atoms with van der Waals surface area (Å²) in [6, 6.07) is 1.69.